The van der Waals surface area contributed by atoms with Crippen molar-refractivity contribution < 1.29 is 17.9 Å². The minimum atomic E-state index is -3.90. The molecular weight excluding hydrogens is 388 g/mol. The van der Waals surface area contributed by atoms with Crippen molar-refractivity contribution in [2.75, 3.05) is 16.2 Å². The van der Waals surface area contributed by atoms with Crippen LogP contribution in [0.3, 0.4) is 0 Å². The molecule has 1 aliphatic heterocycles. The number of aryl methyl sites for hydroxylation is 2. The Hall–Kier alpha value is -2.25. The van der Waals surface area contributed by atoms with E-state index in [-0.39, 0.29) is 16.9 Å². The van der Waals surface area contributed by atoms with Crippen molar-refractivity contribution in [2.24, 2.45) is 0 Å². The van der Waals surface area contributed by atoms with E-state index in [9.17, 15) is 13.2 Å². The lowest BCUT2D eigenvalue weighted by atomic mass is 10.1. The number of nitrogens with zero attached hydrogens (tertiary/aromatic N) is 1. The van der Waals surface area contributed by atoms with Crippen LogP contribution < -0.4 is 14.4 Å². The molecule has 0 saturated heterocycles. The maximum Gasteiger partial charge on any atom is 0.262 e. The summed E-state index contributed by atoms with van der Waals surface area (Å²) in [5.41, 5.74) is 2.45. The molecule has 6 nitrogen and oxygen atoms in total. The Morgan fingerprint density at radius 2 is 1.96 bits per heavy atom. The third-order valence-electron chi connectivity index (χ3n) is 4.35. The predicted molar refractivity (Wildman–Crippen MR) is 106 cm³/mol. The topological polar surface area (TPSA) is 75.7 Å². The van der Waals surface area contributed by atoms with Crippen LogP contribution >= 0.6 is 11.6 Å². The van der Waals surface area contributed by atoms with Gasteiger partial charge in [-0.2, -0.15) is 0 Å². The molecular formula is C19H21ClN2O4S. The van der Waals surface area contributed by atoms with E-state index in [1.807, 2.05) is 19.9 Å². The minimum absolute atomic E-state index is 0.0293. The molecule has 3 rings (SSSR count). The second kappa shape index (κ2) is 7.05. The third-order valence-corrected chi connectivity index (χ3v) is 5.99. The van der Waals surface area contributed by atoms with E-state index in [1.165, 1.54) is 24.0 Å². The smallest absolute Gasteiger partial charge is 0.262 e. The molecule has 1 aliphatic rings. The molecule has 1 heterocycles. The van der Waals surface area contributed by atoms with E-state index in [0.29, 0.717) is 28.7 Å². The lowest BCUT2D eigenvalue weighted by Crippen LogP contribution is -2.41. The Balaban J connectivity index is 2.02. The van der Waals surface area contributed by atoms with Gasteiger partial charge in [0, 0.05) is 6.92 Å². The number of benzene rings is 2. The fourth-order valence-corrected chi connectivity index (χ4v) is 4.72. The number of carbonyl (C=O) groups excluding carboxylic acids is 1. The maximum atomic E-state index is 12.9. The van der Waals surface area contributed by atoms with Crippen molar-refractivity contribution in [3.8, 4) is 5.75 Å². The average Bonchev–Trinajstić information content (AvgIpc) is 2.56. The number of ether oxygens (including phenoxy) is 1. The summed E-state index contributed by atoms with van der Waals surface area (Å²) in [7, 11) is -3.90. The van der Waals surface area contributed by atoms with E-state index in [2.05, 4.69) is 4.72 Å². The van der Waals surface area contributed by atoms with Crippen LogP contribution in [0, 0.1) is 13.8 Å². The quantitative estimate of drug-likeness (QED) is 0.835. The predicted octanol–water partition coefficient (Wildman–Crippen LogP) is 3.89. The number of hydrogen-bond donors (Lipinski definition) is 1. The average molecular weight is 409 g/mol. The Labute approximate surface area is 164 Å². The molecule has 8 heteroatoms. The van der Waals surface area contributed by atoms with E-state index in [1.54, 1.807) is 19.1 Å². The summed E-state index contributed by atoms with van der Waals surface area (Å²) in [6.07, 6.45) is -0.170. The second-order valence-electron chi connectivity index (χ2n) is 6.73. The van der Waals surface area contributed by atoms with Crippen LogP contribution in [0.4, 0.5) is 11.4 Å². The Morgan fingerprint density at radius 1 is 1.26 bits per heavy atom. The molecule has 0 aliphatic carbocycles. The van der Waals surface area contributed by atoms with Gasteiger partial charge in [0.1, 0.15) is 11.9 Å². The van der Waals surface area contributed by atoms with E-state index in [4.69, 9.17) is 16.3 Å². The molecule has 1 N–H and O–H groups in total. The van der Waals surface area contributed by atoms with Gasteiger partial charge in [-0.3, -0.25) is 9.52 Å². The van der Waals surface area contributed by atoms with Gasteiger partial charge < -0.3 is 9.64 Å². The Bertz CT molecular complexity index is 997. The first kappa shape index (κ1) is 19.5. The largest absolute Gasteiger partial charge is 0.487 e. The highest BCUT2D eigenvalue weighted by atomic mass is 35.5. The maximum absolute atomic E-state index is 12.9. The molecule has 0 fully saturated rings. The SMILES string of the molecule is CC(=O)N1CC(C)Oc2ccc(S(=O)(=O)Nc3c(C)cc(C)cc3Cl)cc21. The zero-order valence-electron chi connectivity index (χ0n) is 15.5. The highest BCUT2D eigenvalue weighted by Gasteiger charge is 2.28. The lowest BCUT2D eigenvalue weighted by molar-refractivity contribution is -0.117. The molecule has 0 radical (unpaired) electrons. The first-order chi connectivity index (χ1) is 12.6. The van der Waals surface area contributed by atoms with Crippen LogP contribution in [0.1, 0.15) is 25.0 Å². The molecule has 144 valence electrons. The molecule has 2 aromatic carbocycles. The van der Waals surface area contributed by atoms with Gasteiger partial charge in [0.05, 0.1) is 27.8 Å². The number of hydrogen-bond acceptors (Lipinski definition) is 4. The second-order valence-corrected chi connectivity index (χ2v) is 8.82. The Kier molecular flexibility index (Phi) is 5.10. The summed E-state index contributed by atoms with van der Waals surface area (Å²) in [5, 5.41) is 0.330. The molecule has 0 saturated carbocycles. The van der Waals surface area contributed by atoms with Gasteiger partial charge in [-0.1, -0.05) is 17.7 Å². The van der Waals surface area contributed by atoms with Gasteiger partial charge in [0.2, 0.25) is 5.91 Å². The molecule has 0 bridgehead atoms. The fraction of sp³-hybridized carbons (Fsp3) is 0.316. The van der Waals surface area contributed by atoms with Gasteiger partial charge in [-0.25, -0.2) is 8.42 Å². The molecule has 0 aromatic heterocycles. The number of anilines is 2. The van der Waals surface area contributed by atoms with Crippen molar-refractivity contribution in [3.63, 3.8) is 0 Å². The number of halogens is 1. The summed E-state index contributed by atoms with van der Waals surface area (Å²) < 4.78 is 34.1. The van der Waals surface area contributed by atoms with Gasteiger partial charge >= 0.3 is 0 Å². The number of fused-ring (bicyclic) bond motifs is 1. The first-order valence-electron chi connectivity index (χ1n) is 8.47. The zero-order chi connectivity index (χ0) is 19.9. The highest BCUT2D eigenvalue weighted by Crippen LogP contribution is 2.36. The number of amides is 1. The van der Waals surface area contributed by atoms with E-state index >= 15 is 0 Å². The van der Waals surface area contributed by atoms with Crippen LogP contribution in [0.15, 0.2) is 35.2 Å². The summed E-state index contributed by atoms with van der Waals surface area (Å²) in [6.45, 7) is 7.33. The van der Waals surface area contributed by atoms with Crippen molar-refractivity contribution >= 4 is 38.9 Å². The van der Waals surface area contributed by atoms with Gasteiger partial charge in [0.25, 0.3) is 10.0 Å². The molecule has 27 heavy (non-hydrogen) atoms. The van der Waals surface area contributed by atoms with Crippen LogP contribution in [0.2, 0.25) is 5.02 Å². The molecule has 2 aromatic rings. The van der Waals surface area contributed by atoms with Crippen molar-refractivity contribution in [3.05, 3.63) is 46.5 Å². The van der Waals surface area contributed by atoms with Crippen molar-refractivity contribution in [1.82, 2.24) is 0 Å². The summed E-state index contributed by atoms with van der Waals surface area (Å²) >= 11 is 6.22. The van der Waals surface area contributed by atoms with Crippen LogP contribution in [0.25, 0.3) is 0 Å². The number of carbonyl (C=O) groups is 1. The highest BCUT2D eigenvalue weighted by molar-refractivity contribution is 7.92. The Morgan fingerprint density at radius 3 is 2.59 bits per heavy atom. The monoisotopic (exact) mass is 408 g/mol. The number of nitrogens with one attached hydrogen (secondary N) is 1. The zero-order valence-corrected chi connectivity index (χ0v) is 17.1. The van der Waals surface area contributed by atoms with Crippen molar-refractivity contribution in [1.29, 1.82) is 0 Å². The van der Waals surface area contributed by atoms with E-state index < -0.39 is 10.0 Å². The van der Waals surface area contributed by atoms with Gasteiger partial charge in [0.15, 0.2) is 0 Å². The number of rotatable bonds is 3. The molecule has 0 spiro atoms. The molecule has 1 amide bonds. The lowest BCUT2D eigenvalue weighted by Gasteiger charge is -2.33. The molecule has 1 atom stereocenters. The minimum Gasteiger partial charge on any atom is -0.487 e. The standard InChI is InChI=1S/C19H21ClN2O4S/c1-11-7-12(2)19(16(20)8-11)21-27(24,25)15-5-6-18-17(9-15)22(14(4)23)10-13(3)26-18/h5-9,13,21H,10H2,1-4H3. The van der Waals surface area contributed by atoms with Gasteiger partial charge in [-0.15, -0.1) is 0 Å². The third kappa shape index (κ3) is 3.89. The van der Waals surface area contributed by atoms with Crippen LogP contribution in [-0.2, 0) is 14.8 Å². The van der Waals surface area contributed by atoms with Crippen LogP contribution in [0.5, 0.6) is 5.75 Å². The van der Waals surface area contributed by atoms with E-state index in [0.717, 1.165) is 11.1 Å². The van der Waals surface area contributed by atoms with Crippen molar-refractivity contribution in [2.45, 2.75) is 38.7 Å². The normalized spacial score (nSPS) is 16.5. The fourth-order valence-electron chi connectivity index (χ4n) is 3.12. The summed E-state index contributed by atoms with van der Waals surface area (Å²) in [4.78, 5) is 13.5. The molecule has 1 unspecified atom stereocenters. The number of sulfonamides is 1. The first-order valence-corrected chi connectivity index (χ1v) is 10.3. The van der Waals surface area contributed by atoms with Gasteiger partial charge in [-0.05, 0) is 56.2 Å². The summed E-state index contributed by atoms with van der Waals surface area (Å²) in [5.74, 6) is 0.304. The van der Waals surface area contributed by atoms with Crippen LogP contribution in [-0.4, -0.2) is 27.0 Å². The summed E-state index contributed by atoms with van der Waals surface area (Å²) in [6, 6.07) is 8.02.